The lowest BCUT2D eigenvalue weighted by molar-refractivity contribution is 0.505. The van der Waals surface area contributed by atoms with E-state index in [4.69, 9.17) is 4.42 Å². The fourth-order valence-electron chi connectivity index (χ4n) is 1.80. The van der Waals surface area contributed by atoms with Gasteiger partial charge in [-0.05, 0) is 32.9 Å². The molecule has 2 aromatic rings. The Morgan fingerprint density at radius 1 is 1.28 bits per heavy atom. The standard InChI is InChI=1S/C13H19N3OS/c1-4-6-14-7-5-12-15-16-13(18-12)11-8-9(2)17-10(11)3/h8,14H,4-7H2,1-3H3. The van der Waals surface area contributed by atoms with Gasteiger partial charge in [0, 0.05) is 13.0 Å². The van der Waals surface area contributed by atoms with Gasteiger partial charge in [-0.2, -0.15) is 0 Å². The smallest absolute Gasteiger partial charge is 0.151 e. The Balaban J connectivity index is 1.99. The van der Waals surface area contributed by atoms with E-state index < -0.39 is 0 Å². The summed E-state index contributed by atoms with van der Waals surface area (Å²) in [5, 5.41) is 13.9. The third-order valence-corrected chi connectivity index (χ3v) is 3.70. The lowest BCUT2D eigenvalue weighted by atomic mass is 10.2. The number of aromatic nitrogens is 2. The molecule has 0 fully saturated rings. The monoisotopic (exact) mass is 265 g/mol. The van der Waals surface area contributed by atoms with Crippen molar-refractivity contribution < 1.29 is 4.42 Å². The predicted molar refractivity (Wildman–Crippen MR) is 73.9 cm³/mol. The molecule has 2 aromatic heterocycles. The normalized spacial score (nSPS) is 11.1. The number of nitrogens with zero attached hydrogens (tertiary/aromatic N) is 2. The van der Waals surface area contributed by atoms with Crippen molar-refractivity contribution in [1.82, 2.24) is 15.5 Å². The summed E-state index contributed by atoms with van der Waals surface area (Å²) in [6, 6.07) is 2.02. The summed E-state index contributed by atoms with van der Waals surface area (Å²) < 4.78 is 5.52. The summed E-state index contributed by atoms with van der Waals surface area (Å²) >= 11 is 1.65. The molecule has 0 unspecified atom stereocenters. The second-order valence-corrected chi connectivity index (χ2v) is 5.39. The van der Waals surface area contributed by atoms with E-state index in [1.807, 2.05) is 19.9 Å². The number of hydrogen-bond acceptors (Lipinski definition) is 5. The highest BCUT2D eigenvalue weighted by Gasteiger charge is 2.12. The molecule has 2 rings (SSSR count). The van der Waals surface area contributed by atoms with Crippen LogP contribution in [0.1, 0.15) is 29.9 Å². The van der Waals surface area contributed by atoms with Gasteiger partial charge in [0.05, 0.1) is 5.56 Å². The fourth-order valence-corrected chi connectivity index (χ4v) is 2.71. The average molecular weight is 265 g/mol. The summed E-state index contributed by atoms with van der Waals surface area (Å²) in [7, 11) is 0. The molecule has 0 aliphatic rings. The highest BCUT2D eigenvalue weighted by atomic mass is 32.1. The maximum absolute atomic E-state index is 5.52. The van der Waals surface area contributed by atoms with E-state index in [0.717, 1.165) is 53.0 Å². The van der Waals surface area contributed by atoms with E-state index in [1.165, 1.54) is 0 Å². The number of nitrogens with one attached hydrogen (secondary N) is 1. The van der Waals surface area contributed by atoms with Crippen molar-refractivity contribution in [1.29, 1.82) is 0 Å². The largest absolute Gasteiger partial charge is 0.466 e. The van der Waals surface area contributed by atoms with E-state index >= 15 is 0 Å². The van der Waals surface area contributed by atoms with Gasteiger partial charge in [-0.3, -0.25) is 0 Å². The third kappa shape index (κ3) is 3.17. The first-order valence-corrected chi connectivity index (χ1v) is 7.13. The minimum absolute atomic E-state index is 0.916. The van der Waals surface area contributed by atoms with Crippen LogP contribution < -0.4 is 5.32 Å². The van der Waals surface area contributed by atoms with Gasteiger partial charge in [-0.15, -0.1) is 10.2 Å². The Bertz CT molecular complexity index is 504. The molecule has 4 nitrogen and oxygen atoms in total. The van der Waals surface area contributed by atoms with Gasteiger partial charge >= 0.3 is 0 Å². The first-order chi connectivity index (χ1) is 8.70. The Morgan fingerprint density at radius 2 is 2.11 bits per heavy atom. The maximum Gasteiger partial charge on any atom is 0.151 e. The van der Waals surface area contributed by atoms with Crippen LogP contribution in [0.3, 0.4) is 0 Å². The van der Waals surface area contributed by atoms with E-state index in [9.17, 15) is 0 Å². The molecular weight excluding hydrogens is 246 g/mol. The number of hydrogen-bond donors (Lipinski definition) is 1. The molecule has 0 atom stereocenters. The molecule has 0 bridgehead atoms. The minimum Gasteiger partial charge on any atom is -0.466 e. The quantitative estimate of drug-likeness (QED) is 0.816. The lowest BCUT2D eigenvalue weighted by Crippen LogP contribution is -2.17. The zero-order valence-electron chi connectivity index (χ0n) is 11.1. The Hall–Kier alpha value is -1.20. The van der Waals surface area contributed by atoms with Crippen molar-refractivity contribution in [3.63, 3.8) is 0 Å². The SMILES string of the molecule is CCCNCCc1nnc(-c2cc(C)oc2C)s1. The molecule has 98 valence electrons. The summed E-state index contributed by atoms with van der Waals surface area (Å²) in [6.07, 6.45) is 2.10. The highest BCUT2D eigenvalue weighted by molar-refractivity contribution is 7.14. The fraction of sp³-hybridized carbons (Fsp3) is 0.538. The van der Waals surface area contributed by atoms with Gasteiger partial charge in [-0.25, -0.2) is 0 Å². The Morgan fingerprint density at radius 3 is 2.78 bits per heavy atom. The van der Waals surface area contributed by atoms with E-state index in [-0.39, 0.29) is 0 Å². The lowest BCUT2D eigenvalue weighted by Gasteiger charge is -1.98. The van der Waals surface area contributed by atoms with Crippen molar-refractivity contribution >= 4 is 11.3 Å². The first kappa shape index (κ1) is 13.2. The maximum atomic E-state index is 5.52. The second-order valence-electron chi connectivity index (χ2n) is 4.33. The third-order valence-electron chi connectivity index (χ3n) is 2.68. The molecule has 0 aliphatic heterocycles. The van der Waals surface area contributed by atoms with Crippen LogP contribution >= 0.6 is 11.3 Å². The van der Waals surface area contributed by atoms with Crippen molar-refractivity contribution in [2.45, 2.75) is 33.6 Å². The molecule has 2 heterocycles. The summed E-state index contributed by atoms with van der Waals surface area (Å²) in [6.45, 7) is 8.11. The Kier molecular flexibility index (Phi) is 4.49. The first-order valence-electron chi connectivity index (χ1n) is 6.31. The van der Waals surface area contributed by atoms with Crippen LogP contribution in [0, 0.1) is 13.8 Å². The van der Waals surface area contributed by atoms with Crippen molar-refractivity contribution in [2.75, 3.05) is 13.1 Å². The Labute approximate surface area is 111 Å². The highest BCUT2D eigenvalue weighted by Crippen LogP contribution is 2.29. The molecular formula is C13H19N3OS. The van der Waals surface area contributed by atoms with E-state index in [2.05, 4.69) is 22.4 Å². The van der Waals surface area contributed by atoms with Crippen LogP contribution in [0.5, 0.6) is 0 Å². The number of rotatable bonds is 6. The zero-order valence-corrected chi connectivity index (χ0v) is 11.9. The summed E-state index contributed by atoms with van der Waals surface area (Å²) in [5.74, 6) is 1.84. The molecule has 0 amide bonds. The van der Waals surface area contributed by atoms with E-state index in [1.54, 1.807) is 11.3 Å². The molecule has 0 radical (unpaired) electrons. The average Bonchev–Trinajstić information content (AvgIpc) is 2.91. The second kappa shape index (κ2) is 6.11. The number of aryl methyl sites for hydroxylation is 2. The molecule has 0 saturated heterocycles. The molecule has 5 heteroatoms. The topological polar surface area (TPSA) is 51.0 Å². The molecule has 18 heavy (non-hydrogen) atoms. The van der Waals surface area contributed by atoms with Gasteiger partial charge < -0.3 is 9.73 Å². The van der Waals surface area contributed by atoms with Crippen molar-refractivity contribution in [2.24, 2.45) is 0 Å². The zero-order chi connectivity index (χ0) is 13.0. The predicted octanol–water partition coefficient (Wildman–Crippen LogP) is 2.96. The summed E-state index contributed by atoms with van der Waals surface area (Å²) in [5.41, 5.74) is 1.07. The number of furan rings is 1. The van der Waals surface area contributed by atoms with E-state index in [0.29, 0.717) is 0 Å². The van der Waals surface area contributed by atoms with Crippen LogP contribution in [0.15, 0.2) is 10.5 Å². The molecule has 0 aromatic carbocycles. The van der Waals surface area contributed by atoms with Gasteiger partial charge in [-0.1, -0.05) is 18.3 Å². The molecule has 0 saturated carbocycles. The van der Waals surface area contributed by atoms with Crippen molar-refractivity contribution in [3.8, 4) is 10.6 Å². The minimum atomic E-state index is 0.916. The van der Waals surface area contributed by atoms with Gasteiger partial charge in [0.2, 0.25) is 0 Å². The summed E-state index contributed by atoms with van der Waals surface area (Å²) in [4.78, 5) is 0. The van der Waals surface area contributed by atoms with Gasteiger partial charge in [0.15, 0.2) is 5.01 Å². The van der Waals surface area contributed by atoms with Crippen molar-refractivity contribution in [3.05, 3.63) is 22.6 Å². The van der Waals surface area contributed by atoms with Crippen LogP contribution in [0.4, 0.5) is 0 Å². The molecule has 0 spiro atoms. The van der Waals surface area contributed by atoms with Crippen LogP contribution in [0.2, 0.25) is 0 Å². The molecule has 1 N–H and O–H groups in total. The molecule has 0 aliphatic carbocycles. The van der Waals surface area contributed by atoms with Crippen LogP contribution in [0.25, 0.3) is 10.6 Å². The van der Waals surface area contributed by atoms with Gasteiger partial charge in [0.1, 0.15) is 16.5 Å². The van der Waals surface area contributed by atoms with Crippen LogP contribution in [-0.4, -0.2) is 23.3 Å². The van der Waals surface area contributed by atoms with Crippen LogP contribution in [-0.2, 0) is 6.42 Å². The van der Waals surface area contributed by atoms with Gasteiger partial charge in [0.25, 0.3) is 0 Å².